The molecule has 0 radical (unpaired) electrons. The van der Waals surface area contributed by atoms with Gasteiger partial charge >= 0.3 is 0 Å². The van der Waals surface area contributed by atoms with Crippen LogP contribution in [0, 0.1) is 24.7 Å². The number of carbonyl (C=O) groups is 1. The zero-order chi connectivity index (χ0) is 17.4. The fourth-order valence-corrected chi connectivity index (χ4v) is 5.10. The summed E-state index contributed by atoms with van der Waals surface area (Å²) in [7, 11) is 0. The van der Waals surface area contributed by atoms with E-state index in [1.807, 2.05) is 13.0 Å². The Bertz CT molecular complexity index is 594. The number of carbonyl (C=O) groups excluding carboxylic acids is 1. The summed E-state index contributed by atoms with van der Waals surface area (Å²) < 4.78 is 5.14. The van der Waals surface area contributed by atoms with Crippen molar-refractivity contribution in [3.05, 3.63) is 17.5 Å². The van der Waals surface area contributed by atoms with Gasteiger partial charge in [-0.2, -0.15) is 0 Å². The minimum atomic E-state index is 0.208. The van der Waals surface area contributed by atoms with E-state index in [0.717, 1.165) is 57.0 Å². The molecule has 1 aromatic rings. The number of aryl methyl sites for hydroxylation is 1. The molecular formula is C19H30N4O2. The molecule has 25 heavy (non-hydrogen) atoms. The number of piperazine rings is 1. The molecule has 3 fully saturated rings. The average molecular weight is 346 g/mol. The highest BCUT2D eigenvalue weighted by Crippen LogP contribution is 2.42. The van der Waals surface area contributed by atoms with Gasteiger partial charge in [0.1, 0.15) is 5.76 Å². The van der Waals surface area contributed by atoms with Gasteiger partial charge in [0.2, 0.25) is 5.91 Å². The van der Waals surface area contributed by atoms with Crippen molar-refractivity contribution in [3.8, 4) is 0 Å². The number of fused-ring (bicyclic) bond motifs is 2. The highest BCUT2D eigenvalue weighted by molar-refractivity contribution is 5.79. The summed E-state index contributed by atoms with van der Waals surface area (Å²) >= 11 is 0. The van der Waals surface area contributed by atoms with E-state index in [4.69, 9.17) is 10.3 Å². The molecule has 0 aromatic carbocycles. The van der Waals surface area contributed by atoms with Crippen molar-refractivity contribution in [1.29, 1.82) is 0 Å². The number of rotatable bonds is 3. The van der Waals surface area contributed by atoms with Gasteiger partial charge in [0.25, 0.3) is 0 Å². The Balaban J connectivity index is 1.29. The van der Waals surface area contributed by atoms with Gasteiger partial charge in [0, 0.05) is 50.7 Å². The van der Waals surface area contributed by atoms with Gasteiger partial charge in [-0.25, -0.2) is 0 Å². The normalized spacial score (nSPS) is 33.4. The van der Waals surface area contributed by atoms with Gasteiger partial charge in [0.05, 0.1) is 5.69 Å². The lowest BCUT2D eigenvalue weighted by Crippen LogP contribution is -2.53. The van der Waals surface area contributed by atoms with Crippen LogP contribution in [0.5, 0.6) is 0 Å². The summed E-state index contributed by atoms with van der Waals surface area (Å²) in [6.45, 7) is 6.20. The summed E-state index contributed by atoms with van der Waals surface area (Å²) in [6.07, 6.45) is 5.74. The molecule has 4 rings (SSSR count). The second kappa shape index (κ2) is 7.08. The lowest BCUT2D eigenvalue weighted by molar-refractivity contribution is -0.140. The van der Waals surface area contributed by atoms with Gasteiger partial charge in [-0.05, 0) is 44.4 Å². The van der Waals surface area contributed by atoms with E-state index >= 15 is 0 Å². The molecule has 2 bridgehead atoms. The molecule has 2 N–H and O–H groups in total. The lowest BCUT2D eigenvalue weighted by atomic mass is 9.65. The predicted octanol–water partition coefficient (Wildman–Crippen LogP) is 1.78. The molecule has 1 amide bonds. The van der Waals surface area contributed by atoms with Crippen LogP contribution >= 0.6 is 0 Å². The highest BCUT2D eigenvalue weighted by atomic mass is 16.5. The van der Waals surface area contributed by atoms with Crippen LogP contribution in [0.4, 0.5) is 0 Å². The van der Waals surface area contributed by atoms with Crippen LogP contribution in [0.1, 0.15) is 43.6 Å². The molecule has 6 heteroatoms. The van der Waals surface area contributed by atoms with E-state index in [9.17, 15) is 4.79 Å². The molecule has 3 aliphatic rings. The fraction of sp³-hybridized carbons (Fsp3) is 0.789. The molecule has 2 unspecified atom stereocenters. The van der Waals surface area contributed by atoms with Crippen molar-refractivity contribution in [2.75, 3.05) is 26.2 Å². The van der Waals surface area contributed by atoms with Crippen molar-refractivity contribution in [1.82, 2.24) is 15.0 Å². The maximum absolute atomic E-state index is 13.0. The Hall–Kier alpha value is -1.40. The SMILES string of the molecule is Cc1cc(CN2CCN(C(=O)C3CC4CCCC(C3)C4N)CC2)no1. The quantitative estimate of drug-likeness (QED) is 0.903. The smallest absolute Gasteiger partial charge is 0.225 e. The largest absolute Gasteiger partial charge is 0.361 e. The lowest BCUT2D eigenvalue weighted by Gasteiger charge is -2.45. The second-order valence-corrected chi connectivity index (χ2v) is 8.23. The maximum Gasteiger partial charge on any atom is 0.225 e. The minimum Gasteiger partial charge on any atom is -0.361 e. The van der Waals surface area contributed by atoms with Crippen LogP contribution in [0.25, 0.3) is 0 Å². The van der Waals surface area contributed by atoms with Crippen LogP contribution in [0.15, 0.2) is 10.6 Å². The molecule has 1 saturated heterocycles. The first-order chi connectivity index (χ1) is 12.1. The predicted molar refractivity (Wildman–Crippen MR) is 94.6 cm³/mol. The minimum absolute atomic E-state index is 0.208. The first-order valence-corrected chi connectivity index (χ1v) is 9.79. The number of nitrogens with two attached hydrogens (primary N) is 1. The van der Waals surface area contributed by atoms with E-state index in [-0.39, 0.29) is 5.92 Å². The topological polar surface area (TPSA) is 75.6 Å². The Morgan fingerprint density at radius 1 is 1.24 bits per heavy atom. The molecule has 138 valence electrons. The van der Waals surface area contributed by atoms with Gasteiger partial charge in [-0.1, -0.05) is 11.6 Å². The van der Waals surface area contributed by atoms with Crippen molar-refractivity contribution in [2.24, 2.45) is 23.5 Å². The maximum atomic E-state index is 13.0. The number of hydrogen-bond acceptors (Lipinski definition) is 5. The molecule has 6 nitrogen and oxygen atoms in total. The van der Waals surface area contributed by atoms with Gasteiger partial charge in [0.15, 0.2) is 0 Å². The van der Waals surface area contributed by atoms with Crippen molar-refractivity contribution in [2.45, 2.75) is 51.6 Å². The Morgan fingerprint density at radius 3 is 2.52 bits per heavy atom. The molecule has 2 heterocycles. The third kappa shape index (κ3) is 3.60. The van der Waals surface area contributed by atoms with Crippen LogP contribution in [0.3, 0.4) is 0 Å². The molecular weight excluding hydrogens is 316 g/mol. The second-order valence-electron chi connectivity index (χ2n) is 8.23. The summed E-state index contributed by atoms with van der Waals surface area (Å²) in [5, 5.41) is 4.07. The van der Waals surface area contributed by atoms with E-state index in [1.165, 1.54) is 19.3 Å². The van der Waals surface area contributed by atoms with Gasteiger partial charge in [-0.3, -0.25) is 9.69 Å². The van der Waals surface area contributed by atoms with Crippen LogP contribution in [-0.2, 0) is 11.3 Å². The summed E-state index contributed by atoms with van der Waals surface area (Å²) in [5.41, 5.74) is 7.35. The molecule has 0 spiro atoms. The van der Waals surface area contributed by atoms with Gasteiger partial charge in [-0.15, -0.1) is 0 Å². The molecule has 1 aliphatic heterocycles. The standard InChI is InChI=1S/C19H30N4O2/c1-13-9-17(21-25-13)12-22-5-7-23(8-6-22)19(24)16-10-14-3-2-4-15(11-16)18(14)20/h9,14-16,18H,2-8,10-12,20H2,1H3. The fourth-order valence-electron chi connectivity index (χ4n) is 5.10. The third-order valence-corrected chi connectivity index (χ3v) is 6.51. The Labute approximate surface area is 149 Å². The van der Waals surface area contributed by atoms with E-state index < -0.39 is 0 Å². The van der Waals surface area contributed by atoms with Crippen LogP contribution < -0.4 is 5.73 Å². The number of hydrogen-bond donors (Lipinski definition) is 1. The average Bonchev–Trinajstić information content (AvgIpc) is 2.99. The Morgan fingerprint density at radius 2 is 1.92 bits per heavy atom. The first-order valence-electron chi connectivity index (χ1n) is 9.79. The number of aromatic nitrogens is 1. The summed E-state index contributed by atoms with van der Waals surface area (Å²) in [6, 6.07) is 2.32. The molecule has 1 aromatic heterocycles. The van der Waals surface area contributed by atoms with Crippen molar-refractivity contribution >= 4 is 5.91 Å². The zero-order valence-corrected chi connectivity index (χ0v) is 15.2. The summed E-state index contributed by atoms with van der Waals surface area (Å²) in [4.78, 5) is 17.4. The molecule has 2 aliphatic carbocycles. The zero-order valence-electron chi connectivity index (χ0n) is 15.2. The summed E-state index contributed by atoms with van der Waals surface area (Å²) in [5.74, 6) is 2.57. The van der Waals surface area contributed by atoms with Crippen LogP contribution in [-0.4, -0.2) is 53.1 Å². The van der Waals surface area contributed by atoms with E-state index in [1.54, 1.807) is 0 Å². The Kier molecular flexibility index (Phi) is 4.82. The highest BCUT2D eigenvalue weighted by Gasteiger charge is 2.41. The number of nitrogens with zero attached hydrogens (tertiary/aromatic N) is 3. The third-order valence-electron chi connectivity index (χ3n) is 6.51. The first kappa shape index (κ1) is 17.0. The van der Waals surface area contributed by atoms with Crippen LogP contribution in [0.2, 0.25) is 0 Å². The molecule has 2 saturated carbocycles. The monoisotopic (exact) mass is 346 g/mol. The van der Waals surface area contributed by atoms with E-state index in [0.29, 0.717) is 23.8 Å². The van der Waals surface area contributed by atoms with Gasteiger partial charge < -0.3 is 15.2 Å². The van der Waals surface area contributed by atoms with Crippen molar-refractivity contribution in [3.63, 3.8) is 0 Å². The molecule has 2 atom stereocenters. The van der Waals surface area contributed by atoms with E-state index in [2.05, 4.69) is 15.0 Å². The number of amides is 1. The van der Waals surface area contributed by atoms with Crippen molar-refractivity contribution < 1.29 is 9.32 Å².